The summed E-state index contributed by atoms with van der Waals surface area (Å²) in [7, 11) is -3.24. The first kappa shape index (κ1) is 15.4. The van der Waals surface area contributed by atoms with E-state index in [-0.39, 0.29) is 0 Å². The van der Waals surface area contributed by atoms with Crippen molar-refractivity contribution >= 4 is 9.84 Å². The Morgan fingerprint density at radius 3 is 2.26 bits per heavy atom. The molecule has 116 valence electrons. The lowest BCUT2D eigenvalue weighted by Gasteiger charge is -2.11. The van der Waals surface area contributed by atoms with E-state index in [2.05, 4.69) is 4.98 Å². The molecule has 0 N–H and O–H groups in total. The van der Waals surface area contributed by atoms with Gasteiger partial charge < -0.3 is 0 Å². The summed E-state index contributed by atoms with van der Waals surface area (Å²) in [6.45, 7) is 1.98. The summed E-state index contributed by atoms with van der Waals surface area (Å²) in [5.41, 5.74) is 4.67. The fraction of sp³-hybridized carbons (Fsp3) is 0.105. The van der Waals surface area contributed by atoms with Crippen molar-refractivity contribution < 1.29 is 8.42 Å². The van der Waals surface area contributed by atoms with Gasteiger partial charge in [0.1, 0.15) is 0 Å². The molecule has 0 aliphatic rings. The predicted molar refractivity (Wildman–Crippen MR) is 93.0 cm³/mol. The maximum absolute atomic E-state index is 11.8. The fourth-order valence-corrected chi connectivity index (χ4v) is 3.18. The second-order valence-electron chi connectivity index (χ2n) is 5.57. The van der Waals surface area contributed by atoms with E-state index < -0.39 is 9.84 Å². The van der Waals surface area contributed by atoms with Gasteiger partial charge in [-0.25, -0.2) is 8.42 Å². The summed E-state index contributed by atoms with van der Waals surface area (Å²) in [5.74, 6) is 0. The highest BCUT2D eigenvalue weighted by Crippen LogP contribution is 2.32. The van der Waals surface area contributed by atoms with Crippen LogP contribution in [-0.2, 0) is 9.84 Å². The summed E-state index contributed by atoms with van der Waals surface area (Å²) in [4.78, 5) is 4.88. The molecule has 3 nitrogen and oxygen atoms in total. The second-order valence-corrected chi connectivity index (χ2v) is 7.59. The van der Waals surface area contributed by atoms with Crippen molar-refractivity contribution in [2.45, 2.75) is 11.8 Å². The molecule has 0 spiro atoms. The molecule has 0 saturated carbocycles. The van der Waals surface area contributed by atoms with Gasteiger partial charge in [-0.15, -0.1) is 0 Å². The third-order valence-corrected chi connectivity index (χ3v) is 4.76. The minimum Gasteiger partial charge on any atom is -0.255 e. The molecule has 0 fully saturated rings. The Labute approximate surface area is 136 Å². The van der Waals surface area contributed by atoms with Gasteiger partial charge in [0.05, 0.1) is 10.6 Å². The van der Waals surface area contributed by atoms with E-state index >= 15 is 0 Å². The largest absolute Gasteiger partial charge is 0.255 e. The molecule has 1 heterocycles. The van der Waals surface area contributed by atoms with Crippen LogP contribution in [0.5, 0.6) is 0 Å². The molecular formula is C19H17NO2S. The third kappa shape index (κ3) is 3.32. The van der Waals surface area contributed by atoms with Gasteiger partial charge in [-0.05, 0) is 36.2 Å². The summed E-state index contributed by atoms with van der Waals surface area (Å²) >= 11 is 0. The number of aryl methyl sites for hydroxylation is 1. The van der Waals surface area contributed by atoms with Crippen LogP contribution in [0.4, 0.5) is 0 Å². The van der Waals surface area contributed by atoms with Gasteiger partial charge >= 0.3 is 0 Å². The molecule has 4 heteroatoms. The minimum absolute atomic E-state index is 0.315. The molecule has 0 saturated heterocycles. The van der Waals surface area contributed by atoms with E-state index in [9.17, 15) is 8.42 Å². The van der Waals surface area contributed by atoms with Crippen LogP contribution in [0.1, 0.15) is 5.56 Å². The standard InChI is InChI=1S/C19H17NO2S/c1-14-11-18(16-9-6-10-17(12-16)23(2,21)22)19(20-13-14)15-7-4-3-5-8-15/h3-13H,1-2H3. The molecule has 0 atom stereocenters. The molecule has 0 amide bonds. The maximum Gasteiger partial charge on any atom is 0.175 e. The van der Waals surface area contributed by atoms with E-state index in [0.717, 1.165) is 27.9 Å². The quantitative estimate of drug-likeness (QED) is 0.728. The van der Waals surface area contributed by atoms with Gasteiger partial charge in [0.15, 0.2) is 9.84 Å². The second kappa shape index (κ2) is 5.97. The number of aromatic nitrogens is 1. The van der Waals surface area contributed by atoms with Crippen LogP contribution < -0.4 is 0 Å². The lowest BCUT2D eigenvalue weighted by molar-refractivity contribution is 0.602. The number of benzene rings is 2. The van der Waals surface area contributed by atoms with Crippen LogP contribution >= 0.6 is 0 Å². The molecule has 2 aromatic carbocycles. The average molecular weight is 323 g/mol. The number of rotatable bonds is 3. The average Bonchev–Trinajstić information content (AvgIpc) is 2.55. The van der Waals surface area contributed by atoms with Crippen molar-refractivity contribution in [2.24, 2.45) is 0 Å². The molecule has 0 aliphatic carbocycles. The molecule has 3 aromatic rings. The number of sulfone groups is 1. The molecule has 0 aliphatic heterocycles. The highest BCUT2D eigenvalue weighted by atomic mass is 32.2. The van der Waals surface area contributed by atoms with E-state index in [1.54, 1.807) is 18.2 Å². The predicted octanol–water partition coefficient (Wildman–Crippen LogP) is 4.13. The van der Waals surface area contributed by atoms with Gasteiger partial charge in [0, 0.05) is 23.6 Å². The number of hydrogen-bond acceptors (Lipinski definition) is 3. The first-order valence-electron chi connectivity index (χ1n) is 7.28. The van der Waals surface area contributed by atoms with E-state index in [1.165, 1.54) is 6.26 Å². The molecule has 0 unspecified atom stereocenters. The Morgan fingerprint density at radius 1 is 0.870 bits per heavy atom. The summed E-state index contributed by atoms with van der Waals surface area (Å²) in [5, 5.41) is 0. The zero-order valence-corrected chi connectivity index (χ0v) is 13.8. The molecule has 3 rings (SSSR count). The zero-order valence-electron chi connectivity index (χ0n) is 13.0. The summed E-state index contributed by atoms with van der Waals surface area (Å²) in [6, 6.07) is 18.9. The van der Waals surface area contributed by atoms with Crippen LogP contribution in [0, 0.1) is 6.92 Å². The number of pyridine rings is 1. The normalized spacial score (nSPS) is 11.4. The Morgan fingerprint density at radius 2 is 1.57 bits per heavy atom. The topological polar surface area (TPSA) is 47.0 Å². The minimum atomic E-state index is -3.24. The van der Waals surface area contributed by atoms with Crippen molar-refractivity contribution in [1.29, 1.82) is 0 Å². The van der Waals surface area contributed by atoms with E-state index in [1.807, 2.05) is 55.6 Å². The van der Waals surface area contributed by atoms with Crippen LogP contribution in [-0.4, -0.2) is 19.7 Å². The first-order chi connectivity index (χ1) is 10.9. The smallest absolute Gasteiger partial charge is 0.175 e. The third-order valence-electron chi connectivity index (χ3n) is 3.64. The van der Waals surface area contributed by atoms with Crippen LogP contribution in [0.3, 0.4) is 0 Å². The fourth-order valence-electron chi connectivity index (χ4n) is 2.51. The Bertz CT molecular complexity index is 948. The van der Waals surface area contributed by atoms with Gasteiger partial charge in [-0.2, -0.15) is 0 Å². The Hall–Kier alpha value is -2.46. The van der Waals surface area contributed by atoms with Crippen molar-refractivity contribution in [2.75, 3.05) is 6.26 Å². The molecule has 0 bridgehead atoms. The number of hydrogen-bond donors (Lipinski definition) is 0. The molecule has 23 heavy (non-hydrogen) atoms. The Balaban J connectivity index is 2.23. The van der Waals surface area contributed by atoms with E-state index in [4.69, 9.17) is 0 Å². The van der Waals surface area contributed by atoms with Gasteiger partial charge in [-0.1, -0.05) is 42.5 Å². The molecule has 0 radical (unpaired) electrons. The van der Waals surface area contributed by atoms with Gasteiger partial charge in [0.25, 0.3) is 0 Å². The monoisotopic (exact) mass is 323 g/mol. The van der Waals surface area contributed by atoms with Gasteiger partial charge in [-0.3, -0.25) is 4.98 Å². The van der Waals surface area contributed by atoms with Crippen molar-refractivity contribution in [3.8, 4) is 22.4 Å². The number of nitrogens with zero attached hydrogens (tertiary/aromatic N) is 1. The Kier molecular flexibility index (Phi) is 4.01. The van der Waals surface area contributed by atoms with Crippen LogP contribution in [0.25, 0.3) is 22.4 Å². The van der Waals surface area contributed by atoms with Crippen molar-refractivity contribution in [3.05, 3.63) is 72.4 Å². The van der Waals surface area contributed by atoms with Gasteiger partial charge in [0.2, 0.25) is 0 Å². The lowest BCUT2D eigenvalue weighted by atomic mass is 9.98. The van der Waals surface area contributed by atoms with Crippen LogP contribution in [0.15, 0.2) is 71.8 Å². The molecule has 1 aromatic heterocycles. The van der Waals surface area contributed by atoms with Crippen LogP contribution in [0.2, 0.25) is 0 Å². The summed E-state index contributed by atoms with van der Waals surface area (Å²) < 4.78 is 23.6. The lowest BCUT2D eigenvalue weighted by Crippen LogP contribution is -1.97. The maximum atomic E-state index is 11.8. The van der Waals surface area contributed by atoms with Crippen molar-refractivity contribution in [1.82, 2.24) is 4.98 Å². The highest BCUT2D eigenvalue weighted by Gasteiger charge is 2.12. The van der Waals surface area contributed by atoms with E-state index in [0.29, 0.717) is 4.90 Å². The first-order valence-corrected chi connectivity index (χ1v) is 9.17. The summed E-state index contributed by atoms with van der Waals surface area (Å²) in [6.07, 6.45) is 3.05. The highest BCUT2D eigenvalue weighted by molar-refractivity contribution is 7.90. The molecular weight excluding hydrogens is 306 g/mol. The SMILES string of the molecule is Cc1cnc(-c2ccccc2)c(-c2cccc(S(C)(=O)=O)c2)c1. The zero-order chi connectivity index (χ0) is 16.4. The van der Waals surface area contributed by atoms with Crippen molar-refractivity contribution in [3.63, 3.8) is 0 Å².